The molecule has 1 unspecified atom stereocenters. The minimum absolute atomic E-state index is 0.111. The summed E-state index contributed by atoms with van der Waals surface area (Å²) >= 11 is 0. The van der Waals surface area contributed by atoms with Crippen LogP contribution in [-0.4, -0.2) is 38.6 Å². The van der Waals surface area contributed by atoms with Crippen molar-refractivity contribution in [3.8, 4) is 11.5 Å². The first-order valence-electron chi connectivity index (χ1n) is 16.0. The van der Waals surface area contributed by atoms with Crippen molar-refractivity contribution in [3.63, 3.8) is 0 Å². The number of fused-ring (bicyclic) bond motifs is 5. The highest BCUT2D eigenvalue weighted by molar-refractivity contribution is 6.08. The fourth-order valence-corrected chi connectivity index (χ4v) is 8.54. The highest BCUT2D eigenvalue weighted by atomic mass is 16.5. The van der Waals surface area contributed by atoms with Gasteiger partial charge in [-0.1, -0.05) is 67.8 Å². The number of benzene rings is 4. The Morgan fingerprint density at radius 3 is 2.32 bits per heavy atom. The molecule has 0 N–H and O–H groups in total. The third-order valence-corrected chi connectivity index (χ3v) is 10.6. The maximum absolute atomic E-state index is 5.67. The van der Waals surface area contributed by atoms with Crippen LogP contribution in [0.4, 0.5) is 11.4 Å². The molecule has 1 saturated carbocycles. The molecule has 0 amide bonds. The second-order valence-electron chi connectivity index (χ2n) is 13.0. The molecular formula is C40H43N2O2+. The summed E-state index contributed by atoms with van der Waals surface area (Å²) in [6.45, 7) is 2.40. The minimum atomic E-state index is -0.273. The molecule has 1 aliphatic carbocycles. The lowest BCUT2D eigenvalue weighted by Gasteiger charge is -2.36. The third kappa shape index (κ3) is 4.37. The number of ether oxygens (including phenoxy) is 2. The number of para-hydroxylation sites is 1. The van der Waals surface area contributed by atoms with E-state index in [1.165, 1.54) is 82.4 Å². The minimum Gasteiger partial charge on any atom is -0.497 e. The van der Waals surface area contributed by atoms with Gasteiger partial charge in [0, 0.05) is 47.6 Å². The summed E-state index contributed by atoms with van der Waals surface area (Å²) in [5.41, 5.74) is 9.25. The van der Waals surface area contributed by atoms with Crippen LogP contribution in [0, 0.1) is 0 Å². The number of likely N-dealkylation sites (N-methyl/N-ethyl adjacent to an activating group) is 1. The van der Waals surface area contributed by atoms with Crippen LogP contribution in [0.5, 0.6) is 11.5 Å². The van der Waals surface area contributed by atoms with E-state index in [0.717, 1.165) is 17.9 Å². The molecule has 1 atom stereocenters. The van der Waals surface area contributed by atoms with Crippen molar-refractivity contribution in [2.45, 2.75) is 56.3 Å². The number of rotatable bonds is 6. The van der Waals surface area contributed by atoms with Crippen LogP contribution in [0.25, 0.3) is 10.8 Å². The fourth-order valence-electron chi connectivity index (χ4n) is 8.54. The second kappa shape index (κ2) is 11.0. The monoisotopic (exact) mass is 583 g/mol. The molecule has 4 aromatic rings. The van der Waals surface area contributed by atoms with E-state index < -0.39 is 0 Å². The van der Waals surface area contributed by atoms with E-state index >= 15 is 0 Å². The van der Waals surface area contributed by atoms with Crippen LogP contribution in [0.2, 0.25) is 0 Å². The van der Waals surface area contributed by atoms with Gasteiger partial charge in [-0.3, -0.25) is 0 Å². The molecule has 224 valence electrons. The predicted molar refractivity (Wildman–Crippen MR) is 182 cm³/mol. The number of allylic oxidation sites excluding steroid dienone is 4. The lowest BCUT2D eigenvalue weighted by atomic mass is 9.68. The van der Waals surface area contributed by atoms with Gasteiger partial charge in [0.25, 0.3) is 0 Å². The zero-order chi connectivity index (χ0) is 30.5. The Balaban J connectivity index is 1.35. The highest BCUT2D eigenvalue weighted by Crippen LogP contribution is 2.54. The van der Waals surface area contributed by atoms with Gasteiger partial charge in [0.05, 0.1) is 19.6 Å². The average Bonchev–Trinajstić information content (AvgIpc) is 3.41. The molecule has 3 aliphatic rings. The van der Waals surface area contributed by atoms with Crippen molar-refractivity contribution >= 4 is 27.9 Å². The zero-order valence-electron chi connectivity index (χ0n) is 26.7. The molecule has 0 saturated heterocycles. The quantitative estimate of drug-likeness (QED) is 0.212. The van der Waals surface area contributed by atoms with Crippen LogP contribution >= 0.6 is 0 Å². The number of hydrogen-bond donors (Lipinski definition) is 0. The Morgan fingerprint density at radius 2 is 1.57 bits per heavy atom. The van der Waals surface area contributed by atoms with Crippen LogP contribution in [-0.2, 0) is 17.3 Å². The molecule has 1 spiro atoms. The zero-order valence-corrected chi connectivity index (χ0v) is 26.7. The molecule has 2 heterocycles. The van der Waals surface area contributed by atoms with Gasteiger partial charge < -0.3 is 14.4 Å². The van der Waals surface area contributed by atoms with Crippen molar-refractivity contribution in [1.29, 1.82) is 0 Å². The average molecular weight is 584 g/mol. The van der Waals surface area contributed by atoms with Crippen LogP contribution in [0.1, 0.15) is 55.7 Å². The molecule has 4 heteroatoms. The Hall–Kier alpha value is -4.31. The van der Waals surface area contributed by atoms with E-state index in [1.807, 2.05) is 6.07 Å². The van der Waals surface area contributed by atoms with E-state index in [9.17, 15) is 0 Å². The Bertz CT molecular complexity index is 1820. The predicted octanol–water partition coefficient (Wildman–Crippen LogP) is 8.88. The third-order valence-electron chi connectivity index (χ3n) is 10.6. The molecule has 0 radical (unpaired) electrons. The lowest BCUT2D eigenvalue weighted by Crippen LogP contribution is -2.33. The first kappa shape index (κ1) is 28.5. The van der Waals surface area contributed by atoms with Crippen LogP contribution in [0.15, 0.2) is 103 Å². The van der Waals surface area contributed by atoms with Gasteiger partial charge in [-0.25, -0.2) is 0 Å². The summed E-state index contributed by atoms with van der Waals surface area (Å²) in [5, 5.41) is 2.58. The molecule has 0 aromatic heterocycles. The summed E-state index contributed by atoms with van der Waals surface area (Å²) in [5.74, 6) is 1.63. The molecule has 4 aromatic carbocycles. The summed E-state index contributed by atoms with van der Waals surface area (Å²) in [6.07, 6.45) is 14.2. The summed E-state index contributed by atoms with van der Waals surface area (Å²) in [4.78, 5) is 2.44. The van der Waals surface area contributed by atoms with Crippen molar-refractivity contribution < 1.29 is 14.0 Å². The molecule has 0 bridgehead atoms. The van der Waals surface area contributed by atoms with Crippen molar-refractivity contribution in [2.24, 2.45) is 0 Å². The molecule has 7 rings (SSSR count). The van der Waals surface area contributed by atoms with Crippen LogP contribution < -0.4 is 14.4 Å². The molecule has 2 aliphatic heterocycles. The summed E-state index contributed by atoms with van der Waals surface area (Å²) in [6, 6.07) is 28.6. The van der Waals surface area contributed by atoms with Gasteiger partial charge in [0.15, 0.2) is 5.71 Å². The maximum atomic E-state index is 5.67. The summed E-state index contributed by atoms with van der Waals surface area (Å²) < 4.78 is 13.7. The maximum Gasteiger partial charge on any atom is 0.210 e. The molecule has 44 heavy (non-hydrogen) atoms. The Kier molecular flexibility index (Phi) is 7.11. The van der Waals surface area contributed by atoms with E-state index in [4.69, 9.17) is 9.47 Å². The van der Waals surface area contributed by atoms with E-state index in [1.54, 1.807) is 14.2 Å². The first-order chi connectivity index (χ1) is 21.4. The normalized spacial score (nSPS) is 21.5. The standard InChI is InChI=1S/C40H43N2O2/c1-39(27-28-24-30(43-4)26-31(25-28)44-5)36(42(3)35-21-20-29-14-7-8-15-32(29)38(35)39)18-13-19-37-40(22-11-6-12-23-40)33-16-9-10-17-34(33)41(37)2/h7-10,13-21,24-26H,6,11-12,22-23,27H2,1-5H3/q+1. The van der Waals surface area contributed by atoms with Crippen molar-refractivity contribution in [1.82, 2.24) is 0 Å². The number of hydrogen-bond acceptors (Lipinski definition) is 3. The molecule has 4 nitrogen and oxygen atoms in total. The highest BCUT2D eigenvalue weighted by Gasteiger charge is 2.48. The van der Waals surface area contributed by atoms with Gasteiger partial charge in [-0.2, -0.15) is 4.58 Å². The first-order valence-corrected chi connectivity index (χ1v) is 16.0. The Morgan fingerprint density at radius 1 is 0.864 bits per heavy atom. The molecule has 1 fully saturated rings. The largest absolute Gasteiger partial charge is 0.497 e. The smallest absolute Gasteiger partial charge is 0.210 e. The fraction of sp³-hybridized carbons (Fsp3) is 0.325. The number of nitrogens with zero attached hydrogens (tertiary/aromatic N) is 2. The number of anilines is 1. The lowest BCUT2D eigenvalue weighted by molar-refractivity contribution is -0.401. The van der Waals surface area contributed by atoms with Crippen molar-refractivity contribution in [2.75, 3.05) is 33.2 Å². The second-order valence-corrected chi connectivity index (χ2v) is 13.0. The van der Waals surface area contributed by atoms with Gasteiger partial charge in [-0.05, 0) is 78.4 Å². The molecular weight excluding hydrogens is 540 g/mol. The Labute approximate surface area is 261 Å². The van der Waals surface area contributed by atoms with Crippen LogP contribution in [0.3, 0.4) is 0 Å². The van der Waals surface area contributed by atoms with Gasteiger partial charge in [0.2, 0.25) is 5.69 Å². The number of methoxy groups -OCH3 is 2. The summed E-state index contributed by atoms with van der Waals surface area (Å²) in [7, 11) is 7.91. The topological polar surface area (TPSA) is 24.7 Å². The van der Waals surface area contributed by atoms with Gasteiger partial charge in [0.1, 0.15) is 18.5 Å². The SMILES string of the molecule is COc1cc(CC2(C)C(/C=C/C=C3/N(C)c4ccccc4C34CCCCC4)=[N+](C)c3ccc4ccccc4c32)cc(OC)c1. The van der Waals surface area contributed by atoms with E-state index in [2.05, 4.69) is 122 Å². The van der Waals surface area contributed by atoms with E-state index in [-0.39, 0.29) is 10.8 Å². The van der Waals surface area contributed by atoms with Gasteiger partial charge >= 0.3 is 0 Å². The van der Waals surface area contributed by atoms with E-state index in [0.29, 0.717) is 0 Å². The van der Waals surface area contributed by atoms with Crippen molar-refractivity contribution in [3.05, 3.63) is 119 Å². The van der Waals surface area contributed by atoms with Gasteiger partial charge in [-0.15, -0.1) is 0 Å².